The standard InChI is InChI=1S/C19H16FN3/c20-18-9-14(15-3-1-7-21-10-15)5-6-16(18)11-23-12-17-4-2-8-22-19(17)13-23/h1-10H,11-13H2. The van der Waals surface area contributed by atoms with Crippen LogP contribution >= 0.6 is 0 Å². The van der Waals surface area contributed by atoms with Crippen LogP contribution in [0.3, 0.4) is 0 Å². The molecule has 4 heteroatoms. The summed E-state index contributed by atoms with van der Waals surface area (Å²) in [4.78, 5) is 10.7. The van der Waals surface area contributed by atoms with E-state index in [4.69, 9.17) is 0 Å². The molecule has 0 unspecified atom stereocenters. The molecule has 0 saturated carbocycles. The molecular formula is C19H16FN3. The van der Waals surface area contributed by atoms with E-state index in [2.05, 4.69) is 20.9 Å². The van der Waals surface area contributed by atoms with E-state index < -0.39 is 0 Å². The monoisotopic (exact) mass is 305 g/mol. The third-order valence-corrected chi connectivity index (χ3v) is 4.19. The van der Waals surface area contributed by atoms with Crippen LogP contribution in [0.5, 0.6) is 0 Å². The number of rotatable bonds is 3. The van der Waals surface area contributed by atoms with Crippen molar-refractivity contribution < 1.29 is 4.39 Å². The van der Waals surface area contributed by atoms with Gasteiger partial charge in [-0.05, 0) is 29.3 Å². The van der Waals surface area contributed by atoms with E-state index >= 15 is 0 Å². The zero-order valence-electron chi connectivity index (χ0n) is 12.6. The van der Waals surface area contributed by atoms with Crippen LogP contribution in [-0.2, 0) is 19.6 Å². The van der Waals surface area contributed by atoms with Crippen molar-refractivity contribution in [3.63, 3.8) is 0 Å². The van der Waals surface area contributed by atoms with Crippen molar-refractivity contribution in [2.45, 2.75) is 19.6 Å². The summed E-state index contributed by atoms with van der Waals surface area (Å²) >= 11 is 0. The van der Waals surface area contributed by atoms with Gasteiger partial charge in [0.2, 0.25) is 0 Å². The second-order valence-corrected chi connectivity index (χ2v) is 5.80. The molecule has 4 rings (SSSR count). The molecule has 0 N–H and O–H groups in total. The Morgan fingerprint density at radius 2 is 1.91 bits per heavy atom. The van der Waals surface area contributed by atoms with Crippen LogP contribution in [0.15, 0.2) is 61.1 Å². The highest BCUT2D eigenvalue weighted by Crippen LogP contribution is 2.25. The first kappa shape index (κ1) is 14.0. The van der Waals surface area contributed by atoms with Crippen molar-refractivity contribution in [3.8, 4) is 11.1 Å². The van der Waals surface area contributed by atoms with Crippen molar-refractivity contribution in [1.82, 2.24) is 14.9 Å². The molecule has 0 saturated heterocycles. The lowest BCUT2D eigenvalue weighted by Crippen LogP contribution is -2.16. The predicted octanol–water partition coefficient (Wildman–Crippen LogP) is 3.80. The molecule has 3 nitrogen and oxygen atoms in total. The molecule has 1 aliphatic rings. The molecule has 0 atom stereocenters. The quantitative estimate of drug-likeness (QED) is 0.737. The van der Waals surface area contributed by atoms with Crippen LogP contribution in [0.25, 0.3) is 11.1 Å². The lowest BCUT2D eigenvalue weighted by Gasteiger charge is -2.15. The number of nitrogens with zero attached hydrogens (tertiary/aromatic N) is 3. The summed E-state index contributed by atoms with van der Waals surface area (Å²) in [6.45, 7) is 2.20. The van der Waals surface area contributed by atoms with Gasteiger partial charge in [0, 0.05) is 49.4 Å². The highest BCUT2D eigenvalue weighted by atomic mass is 19.1. The molecule has 0 amide bonds. The number of hydrogen-bond acceptors (Lipinski definition) is 3. The molecule has 23 heavy (non-hydrogen) atoms. The van der Waals surface area contributed by atoms with Gasteiger partial charge in [0.15, 0.2) is 0 Å². The molecule has 2 aromatic heterocycles. The smallest absolute Gasteiger partial charge is 0.128 e. The zero-order chi connectivity index (χ0) is 15.6. The van der Waals surface area contributed by atoms with Gasteiger partial charge < -0.3 is 0 Å². The average molecular weight is 305 g/mol. The first-order valence-electron chi connectivity index (χ1n) is 7.63. The number of fused-ring (bicyclic) bond motifs is 1. The van der Waals surface area contributed by atoms with Crippen LogP contribution in [0.2, 0.25) is 0 Å². The van der Waals surface area contributed by atoms with Gasteiger partial charge in [-0.2, -0.15) is 0 Å². The van der Waals surface area contributed by atoms with E-state index in [0.29, 0.717) is 12.1 Å². The second kappa shape index (κ2) is 5.89. The van der Waals surface area contributed by atoms with Crippen molar-refractivity contribution in [3.05, 3.63) is 83.7 Å². The topological polar surface area (TPSA) is 29.0 Å². The van der Waals surface area contributed by atoms with Crippen LogP contribution in [0, 0.1) is 5.82 Å². The van der Waals surface area contributed by atoms with Gasteiger partial charge in [0.25, 0.3) is 0 Å². The fourth-order valence-corrected chi connectivity index (χ4v) is 3.01. The highest BCUT2D eigenvalue weighted by Gasteiger charge is 2.20. The molecule has 1 aromatic carbocycles. The zero-order valence-corrected chi connectivity index (χ0v) is 12.6. The van der Waals surface area contributed by atoms with Gasteiger partial charge in [0.1, 0.15) is 5.82 Å². The van der Waals surface area contributed by atoms with Crippen LogP contribution < -0.4 is 0 Å². The Morgan fingerprint density at radius 3 is 2.70 bits per heavy atom. The number of pyridine rings is 2. The van der Waals surface area contributed by atoms with Crippen LogP contribution in [-0.4, -0.2) is 14.9 Å². The molecule has 0 aliphatic carbocycles. The first-order chi connectivity index (χ1) is 11.3. The van der Waals surface area contributed by atoms with Crippen molar-refractivity contribution >= 4 is 0 Å². The third-order valence-electron chi connectivity index (χ3n) is 4.19. The van der Waals surface area contributed by atoms with Crippen molar-refractivity contribution in [2.24, 2.45) is 0 Å². The summed E-state index contributed by atoms with van der Waals surface area (Å²) in [5, 5.41) is 0. The molecule has 0 bridgehead atoms. The largest absolute Gasteiger partial charge is 0.289 e. The fourth-order valence-electron chi connectivity index (χ4n) is 3.01. The molecule has 0 fully saturated rings. The van der Waals surface area contributed by atoms with E-state index in [1.165, 1.54) is 5.56 Å². The number of benzene rings is 1. The molecular weight excluding hydrogens is 289 g/mol. The van der Waals surface area contributed by atoms with Crippen LogP contribution in [0.1, 0.15) is 16.8 Å². The summed E-state index contributed by atoms with van der Waals surface area (Å²) in [6, 6.07) is 13.2. The lowest BCUT2D eigenvalue weighted by atomic mass is 10.0. The summed E-state index contributed by atoms with van der Waals surface area (Å²) in [6.07, 6.45) is 5.27. The SMILES string of the molecule is Fc1cc(-c2cccnc2)ccc1CN1Cc2cccnc2C1. The Bertz CT molecular complexity index is 808. The Labute approximate surface area is 134 Å². The lowest BCUT2D eigenvalue weighted by molar-refractivity contribution is 0.270. The maximum Gasteiger partial charge on any atom is 0.128 e. The summed E-state index contributed by atoms with van der Waals surface area (Å²) < 4.78 is 14.5. The first-order valence-corrected chi connectivity index (χ1v) is 7.63. The average Bonchev–Trinajstić information content (AvgIpc) is 3.00. The summed E-state index contributed by atoms with van der Waals surface area (Å²) in [5.74, 6) is -0.171. The van der Waals surface area contributed by atoms with E-state index in [1.54, 1.807) is 18.5 Å². The van der Waals surface area contributed by atoms with Crippen molar-refractivity contribution in [1.29, 1.82) is 0 Å². The maximum atomic E-state index is 14.5. The van der Waals surface area contributed by atoms with Gasteiger partial charge in [-0.1, -0.05) is 24.3 Å². The number of halogens is 1. The van der Waals surface area contributed by atoms with Gasteiger partial charge in [-0.25, -0.2) is 4.39 Å². The van der Waals surface area contributed by atoms with Gasteiger partial charge in [-0.3, -0.25) is 14.9 Å². The fraction of sp³-hybridized carbons (Fsp3) is 0.158. The molecule has 0 radical (unpaired) electrons. The Kier molecular flexibility index (Phi) is 3.60. The number of hydrogen-bond donors (Lipinski definition) is 0. The summed E-state index contributed by atoms with van der Waals surface area (Å²) in [7, 11) is 0. The van der Waals surface area contributed by atoms with Gasteiger partial charge >= 0.3 is 0 Å². The van der Waals surface area contributed by atoms with Crippen molar-refractivity contribution in [2.75, 3.05) is 0 Å². The normalized spacial score (nSPS) is 14.0. The van der Waals surface area contributed by atoms with Gasteiger partial charge in [-0.15, -0.1) is 0 Å². The minimum absolute atomic E-state index is 0.171. The molecule has 1 aliphatic heterocycles. The van der Waals surface area contributed by atoms with E-state index in [9.17, 15) is 4.39 Å². The van der Waals surface area contributed by atoms with E-state index in [1.807, 2.05) is 36.5 Å². The Morgan fingerprint density at radius 1 is 1.00 bits per heavy atom. The molecule has 3 aromatic rings. The molecule has 114 valence electrons. The van der Waals surface area contributed by atoms with Gasteiger partial charge in [0.05, 0.1) is 5.69 Å². The Hall–Kier alpha value is -2.59. The van der Waals surface area contributed by atoms with E-state index in [0.717, 1.165) is 29.9 Å². The maximum absolute atomic E-state index is 14.5. The molecule has 3 heterocycles. The summed E-state index contributed by atoms with van der Waals surface area (Å²) in [5.41, 5.74) is 4.83. The third kappa shape index (κ3) is 2.85. The van der Waals surface area contributed by atoms with E-state index in [-0.39, 0.29) is 5.82 Å². The minimum atomic E-state index is -0.171. The number of aromatic nitrogens is 2. The van der Waals surface area contributed by atoms with Crippen LogP contribution in [0.4, 0.5) is 4.39 Å². The minimum Gasteiger partial charge on any atom is -0.289 e. The highest BCUT2D eigenvalue weighted by molar-refractivity contribution is 5.62. The second-order valence-electron chi connectivity index (χ2n) is 5.80. The Balaban J connectivity index is 1.53. The predicted molar refractivity (Wildman–Crippen MR) is 86.8 cm³/mol. The molecule has 0 spiro atoms.